The van der Waals surface area contributed by atoms with Crippen LogP contribution in [0.4, 0.5) is 19.1 Å². The van der Waals surface area contributed by atoms with Crippen molar-refractivity contribution in [2.75, 3.05) is 19.0 Å². The van der Waals surface area contributed by atoms with Crippen LogP contribution in [0, 0.1) is 0 Å². The van der Waals surface area contributed by atoms with Crippen LogP contribution in [-0.2, 0) is 24.6 Å². The summed E-state index contributed by atoms with van der Waals surface area (Å²) in [5.74, 6) is 0.744. The Morgan fingerprint density at radius 3 is 2.44 bits per heavy atom. The van der Waals surface area contributed by atoms with Crippen LogP contribution in [-0.4, -0.2) is 34.2 Å². The highest BCUT2D eigenvalue weighted by molar-refractivity contribution is 5.98. The van der Waals surface area contributed by atoms with Gasteiger partial charge in [0.25, 0.3) is 11.5 Å². The number of carbonyl (C=O) groups excluding carboxylic acids is 1. The minimum Gasteiger partial charge on any atom is -0.461 e. The van der Waals surface area contributed by atoms with E-state index in [-0.39, 0.29) is 23.8 Å². The number of benzene rings is 2. The number of nitrogens with one attached hydrogen (secondary N) is 1. The molecule has 0 spiro atoms. The molecule has 4 aromatic rings. The van der Waals surface area contributed by atoms with Crippen molar-refractivity contribution < 1.29 is 27.2 Å². The fraction of sp³-hybridized carbons (Fsp3) is 0.367. The van der Waals surface area contributed by atoms with Gasteiger partial charge in [0.1, 0.15) is 18.5 Å². The predicted octanol–water partition coefficient (Wildman–Crippen LogP) is 5.74. The highest BCUT2D eigenvalue weighted by Gasteiger charge is 2.31. The van der Waals surface area contributed by atoms with E-state index in [4.69, 9.17) is 9.25 Å². The van der Waals surface area contributed by atoms with Crippen LogP contribution >= 0.6 is 0 Å². The molecule has 1 N–H and O–H groups in total. The maximum absolute atomic E-state index is 13.4. The molecule has 2 aromatic carbocycles. The summed E-state index contributed by atoms with van der Waals surface area (Å²) in [5.41, 5.74) is 1.28. The summed E-state index contributed by atoms with van der Waals surface area (Å²) in [6.45, 7) is 8.34. The number of hydrogen-bond donors (Lipinski definition) is 1. The molecule has 1 amide bonds. The second kappa shape index (κ2) is 10.3. The van der Waals surface area contributed by atoms with Crippen LogP contribution < -0.4 is 15.7 Å². The molecule has 2 aromatic heterocycles. The lowest BCUT2D eigenvalue weighted by molar-refractivity contribution is -0.137. The summed E-state index contributed by atoms with van der Waals surface area (Å²) in [6.07, 6.45) is -4.07. The van der Waals surface area contributed by atoms with Crippen molar-refractivity contribution in [3.8, 4) is 0 Å². The van der Waals surface area contributed by atoms with Crippen LogP contribution in [0.25, 0.3) is 11.0 Å². The van der Waals surface area contributed by atoms with Gasteiger partial charge in [-0.1, -0.05) is 32.9 Å². The topological polar surface area (TPSA) is 89.6 Å². The molecule has 1 aliphatic rings. The zero-order valence-corrected chi connectivity index (χ0v) is 23.4. The second-order valence-electron chi connectivity index (χ2n) is 11.2. The molecule has 0 saturated heterocycles. The maximum Gasteiger partial charge on any atom is 0.416 e. The van der Waals surface area contributed by atoms with E-state index in [2.05, 4.69) is 31.1 Å². The number of carbonyl (C=O) groups is 1. The van der Waals surface area contributed by atoms with E-state index in [1.807, 2.05) is 6.07 Å². The molecule has 5 rings (SSSR count). The van der Waals surface area contributed by atoms with Gasteiger partial charge in [-0.15, -0.1) is 4.73 Å². The van der Waals surface area contributed by atoms with Gasteiger partial charge in [-0.25, -0.2) is 4.98 Å². The van der Waals surface area contributed by atoms with Gasteiger partial charge in [0, 0.05) is 29.3 Å². The van der Waals surface area contributed by atoms with Crippen LogP contribution in [0.15, 0.2) is 57.7 Å². The van der Waals surface area contributed by atoms with Gasteiger partial charge < -0.3 is 19.5 Å². The molecular formula is C30H31F3N4O4. The molecule has 0 aliphatic carbocycles. The van der Waals surface area contributed by atoms with E-state index >= 15 is 0 Å². The number of alkyl halides is 3. The summed E-state index contributed by atoms with van der Waals surface area (Å²) in [6, 6.07) is 11.6. The SMILES string of the molecule is COn1c(N[C@H](C)c2ccc(C(F)(F)F)cc2)nc2c(c1=O)CN(C(=O)c1ccc3oc(C(C)(C)C)cc3c1)CC2. The fourth-order valence-electron chi connectivity index (χ4n) is 4.86. The lowest BCUT2D eigenvalue weighted by atomic mass is 9.93. The number of halogens is 3. The zero-order chi connectivity index (χ0) is 29.7. The number of fused-ring (bicyclic) bond motifs is 2. The van der Waals surface area contributed by atoms with E-state index in [1.54, 1.807) is 30.0 Å². The average Bonchev–Trinajstić information content (AvgIpc) is 3.37. The van der Waals surface area contributed by atoms with E-state index < -0.39 is 23.3 Å². The number of rotatable bonds is 5. The van der Waals surface area contributed by atoms with Crippen molar-refractivity contribution in [1.82, 2.24) is 14.6 Å². The standard InChI is InChI=1S/C30H31F3N4O4/c1-17(18-6-9-21(10-7-18)30(31,32)33)34-28-35-23-12-13-36(16-22(23)27(39)37(28)40-5)26(38)19-8-11-24-20(14-19)15-25(41-24)29(2,3)4/h6-11,14-15,17H,12-13,16H2,1-5H3,(H,34,35)/t17-/m1/s1. The largest absolute Gasteiger partial charge is 0.461 e. The number of aromatic nitrogens is 2. The Balaban J connectivity index is 1.37. The minimum absolute atomic E-state index is 0.0642. The molecule has 11 heteroatoms. The molecule has 0 saturated carbocycles. The molecule has 1 atom stereocenters. The highest BCUT2D eigenvalue weighted by atomic mass is 19.4. The first-order valence-electron chi connectivity index (χ1n) is 13.2. The Morgan fingerprint density at radius 1 is 1.10 bits per heavy atom. The Morgan fingerprint density at radius 2 is 1.80 bits per heavy atom. The maximum atomic E-state index is 13.4. The van der Waals surface area contributed by atoms with E-state index in [9.17, 15) is 22.8 Å². The lowest BCUT2D eigenvalue weighted by Gasteiger charge is -2.29. The molecule has 41 heavy (non-hydrogen) atoms. The van der Waals surface area contributed by atoms with Crippen molar-refractivity contribution >= 4 is 22.8 Å². The molecular weight excluding hydrogens is 537 g/mol. The Labute approximate surface area is 234 Å². The Hall–Kier alpha value is -4.28. The quantitative estimate of drug-likeness (QED) is 0.331. The Bertz CT molecular complexity index is 1670. The molecule has 1 aliphatic heterocycles. The number of furan rings is 1. The van der Waals surface area contributed by atoms with E-state index in [0.29, 0.717) is 40.9 Å². The van der Waals surface area contributed by atoms with Crippen molar-refractivity contribution in [3.05, 3.63) is 92.6 Å². The Kier molecular flexibility index (Phi) is 7.08. The molecule has 0 bridgehead atoms. The van der Waals surface area contributed by atoms with Gasteiger partial charge in [0.05, 0.1) is 29.4 Å². The van der Waals surface area contributed by atoms with Gasteiger partial charge in [0.15, 0.2) is 0 Å². The fourth-order valence-corrected chi connectivity index (χ4v) is 4.86. The average molecular weight is 569 g/mol. The van der Waals surface area contributed by atoms with Gasteiger partial charge in [-0.05, 0) is 48.9 Å². The smallest absolute Gasteiger partial charge is 0.416 e. The summed E-state index contributed by atoms with van der Waals surface area (Å²) in [4.78, 5) is 38.3. The molecule has 8 nitrogen and oxygen atoms in total. The summed E-state index contributed by atoms with van der Waals surface area (Å²) >= 11 is 0. The third kappa shape index (κ3) is 5.53. The summed E-state index contributed by atoms with van der Waals surface area (Å²) < 4.78 is 45.8. The van der Waals surface area contributed by atoms with Crippen LogP contribution in [0.1, 0.15) is 72.2 Å². The van der Waals surface area contributed by atoms with Crippen molar-refractivity contribution in [3.63, 3.8) is 0 Å². The van der Waals surface area contributed by atoms with E-state index in [0.717, 1.165) is 28.0 Å². The van der Waals surface area contributed by atoms with Gasteiger partial charge in [-0.3, -0.25) is 9.59 Å². The van der Waals surface area contributed by atoms with Crippen LogP contribution in [0.5, 0.6) is 0 Å². The molecule has 216 valence electrons. The van der Waals surface area contributed by atoms with Gasteiger partial charge >= 0.3 is 6.18 Å². The third-order valence-electron chi connectivity index (χ3n) is 7.25. The number of amides is 1. The molecule has 0 unspecified atom stereocenters. The van der Waals surface area contributed by atoms with Crippen molar-refractivity contribution in [2.45, 2.75) is 58.3 Å². The van der Waals surface area contributed by atoms with Gasteiger partial charge in [-0.2, -0.15) is 13.2 Å². The molecule has 0 fully saturated rings. The number of anilines is 1. The molecule has 0 radical (unpaired) electrons. The second-order valence-corrected chi connectivity index (χ2v) is 11.2. The van der Waals surface area contributed by atoms with Crippen molar-refractivity contribution in [2.24, 2.45) is 0 Å². The molecule has 3 heterocycles. The monoisotopic (exact) mass is 568 g/mol. The first-order valence-corrected chi connectivity index (χ1v) is 13.2. The first-order chi connectivity index (χ1) is 19.3. The minimum atomic E-state index is -4.43. The predicted molar refractivity (Wildman–Crippen MR) is 148 cm³/mol. The lowest BCUT2D eigenvalue weighted by Crippen LogP contribution is -2.42. The summed E-state index contributed by atoms with van der Waals surface area (Å²) in [7, 11) is 1.32. The highest BCUT2D eigenvalue weighted by Crippen LogP contribution is 2.31. The summed E-state index contributed by atoms with van der Waals surface area (Å²) in [5, 5.41) is 3.91. The third-order valence-corrected chi connectivity index (χ3v) is 7.25. The van der Waals surface area contributed by atoms with Crippen LogP contribution in [0.3, 0.4) is 0 Å². The number of hydrogen-bond acceptors (Lipinski definition) is 6. The van der Waals surface area contributed by atoms with Crippen LogP contribution in [0.2, 0.25) is 0 Å². The normalized spacial score (nSPS) is 14.6. The number of nitrogens with zero attached hydrogens (tertiary/aromatic N) is 3. The van der Waals surface area contributed by atoms with E-state index in [1.165, 1.54) is 19.2 Å². The first kappa shape index (κ1) is 28.3. The zero-order valence-electron chi connectivity index (χ0n) is 23.4. The van der Waals surface area contributed by atoms with Crippen molar-refractivity contribution in [1.29, 1.82) is 0 Å². The van der Waals surface area contributed by atoms with Gasteiger partial charge in [0.2, 0.25) is 5.95 Å².